The first-order valence-corrected chi connectivity index (χ1v) is 11.3. The van der Waals surface area contributed by atoms with E-state index in [9.17, 15) is 4.79 Å². The molecular formula is C22H28BrN5O2. The first-order chi connectivity index (χ1) is 14.6. The molecule has 0 saturated carbocycles. The van der Waals surface area contributed by atoms with Crippen molar-refractivity contribution in [2.24, 2.45) is 0 Å². The Balaban J connectivity index is 1.38. The lowest BCUT2D eigenvalue weighted by atomic mass is 10.0. The smallest absolute Gasteiger partial charge is 0.255 e. The van der Waals surface area contributed by atoms with Gasteiger partial charge in [0.05, 0.1) is 12.7 Å². The second-order valence-electron chi connectivity index (χ2n) is 7.91. The van der Waals surface area contributed by atoms with Crippen LogP contribution in [0.5, 0.6) is 5.75 Å². The molecule has 2 aromatic rings. The largest absolute Gasteiger partial charge is 0.497 e. The van der Waals surface area contributed by atoms with Crippen LogP contribution in [-0.4, -0.2) is 66.9 Å². The third-order valence-electron chi connectivity index (χ3n) is 6.03. The Morgan fingerprint density at radius 2 is 1.77 bits per heavy atom. The van der Waals surface area contributed by atoms with Crippen molar-refractivity contribution in [3.8, 4) is 5.75 Å². The van der Waals surface area contributed by atoms with Crippen LogP contribution in [0.4, 0.5) is 11.6 Å². The molecule has 1 aromatic carbocycles. The highest BCUT2D eigenvalue weighted by Gasteiger charge is 2.25. The van der Waals surface area contributed by atoms with Crippen LogP contribution in [0.2, 0.25) is 0 Å². The lowest BCUT2D eigenvalue weighted by Crippen LogP contribution is -2.49. The summed E-state index contributed by atoms with van der Waals surface area (Å²) in [7, 11) is 1.61. The van der Waals surface area contributed by atoms with E-state index in [1.54, 1.807) is 13.2 Å². The summed E-state index contributed by atoms with van der Waals surface area (Å²) < 4.78 is 6.05. The van der Waals surface area contributed by atoms with Crippen LogP contribution in [-0.2, 0) is 0 Å². The van der Waals surface area contributed by atoms with Gasteiger partial charge in [-0.05, 0) is 72.4 Å². The number of piperazine rings is 1. The number of hydrogen-bond acceptors (Lipinski definition) is 6. The zero-order valence-corrected chi connectivity index (χ0v) is 19.1. The third-order valence-corrected chi connectivity index (χ3v) is 6.72. The molecule has 4 rings (SSSR count). The summed E-state index contributed by atoms with van der Waals surface area (Å²) >= 11 is 3.48. The molecule has 2 fully saturated rings. The second-order valence-corrected chi connectivity index (χ2v) is 8.77. The van der Waals surface area contributed by atoms with E-state index in [2.05, 4.69) is 55.0 Å². The number of aromatic nitrogens is 2. The minimum absolute atomic E-state index is 0.0148. The number of hydrogen-bond donors (Lipinski definition) is 0. The highest BCUT2D eigenvalue weighted by molar-refractivity contribution is 9.10. The normalized spacial score (nSPS) is 19.7. The molecule has 8 heteroatoms. The first-order valence-electron chi connectivity index (χ1n) is 10.5. The van der Waals surface area contributed by atoms with Gasteiger partial charge in [0, 0.05) is 43.2 Å². The van der Waals surface area contributed by atoms with Gasteiger partial charge < -0.3 is 19.4 Å². The maximum atomic E-state index is 13.0. The number of halogens is 1. The number of carbonyl (C=O) groups excluding carboxylic acids is 1. The Hall–Kier alpha value is -2.35. The zero-order chi connectivity index (χ0) is 21.1. The molecular weight excluding hydrogens is 446 g/mol. The summed E-state index contributed by atoms with van der Waals surface area (Å²) in [6.07, 6.45) is 3.72. The van der Waals surface area contributed by atoms with E-state index >= 15 is 0 Å². The van der Waals surface area contributed by atoms with Crippen LogP contribution in [0.15, 0.2) is 34.8 Å². The Bertz CT molecular complexity index is 884. The van der Waals surface area contributed by atoms with E-state index in [4.69, 9.17) is 4.74 Å². The van der Waals surface area contributed by atoms with Crippen molar-refractivity contribution in [1.29, 1.82) is 0 Å². The van der Waals surface area contributed by atoms with Gasteiger partial charge in [-0.25, -0.2) is 0 Å². The fourth-order valence-corrected chi connectivity index (χ4v) is 4.60. The summed E-state index contributed by atoms with van der Waals surface area (Å²) in [5.74, 6) is 2.53. The van der Waals surface area contributed by atoms with Gasteiger partial charge in [-0.15, -0.1) is 10.2 Å². The van der Waals surface area contributed by atoms with Crippen molar-refractivity contribution in [2.45, 2.75) is 32.2 Å². The maximum Gasteiger partial charge on any atom is 0.255 e. The van der Waals surface area contributed by atoms with Gasteiger partial charge in [0.15, 0.2) is 11.6 Å². The quantitative estimate of drug-likeness (QED) is 0.675. The first kappa shape index (κ1) is 20.9. The van der Waals surface area contributed by atoms with Gasteiger partial charge in [0.2, 0.25) is 0 Å². The minimum atomic E-state index is 0.0148. The van der Waals surface area contributed by atoms with Gasteiger partial charge in [-0.3, -0.25) is 4.79 Å². The maximum absolute atomic E-state index is 13.0. The molecule has 0 aliphatic carbocycles. The number of benzene rings is 1. The Morgan fingerprint density at radius 3 is 2.43 bits per heavy atom. The Kier molecular flexibility index (Phi) is 6.41. The molecule has 0 radical (unpaired) electrons. The molecule has 1 aromatic heterocycles. The van der Waals surface area contributed by atoms with Crippen LogP contribution in [0.3, 0.4) is 0 Å². The lowest BCUT2D eigenvalue weighted by molar-refractivity contribution is 0.0745. The number of amides is 1. The molecule has 2 aliphatic heterocycles. The van der Waals surface area contributed by atoms with Crippen LogP contribution in [0.25, 0.3) is 0 Å². The predicted molar refractivity (Wildman–Crippen MR) is 122 cm³/mol. The molecule has 160 valence electrons. The fourth-order valence-electron chi connectivity index (χ4n) is 4.18. The van der Waals surface area contributed by atoms with Crippen molar-refractivity contribution >= 4 is 33.5 Å². The molecule has 2 saturated heterocycles. The fraction of sp³-hybridized carbons (Fsp3) is 0.500. The Morgan fingerprint density at radius 1 is 1.03 bits per heavy atom. The molecule has 0 spiro atoms. The number of carbonyl (C=O) groups is 1. The van der Waals surface area contributed by atoms with E-state index < -0.39 is 0 Å². The van der Waals surface area contributed by atoms with Gasteiger partial charge in [-0.2, -0.15) is 0 Å². The molecule has 30 heavy (non-hydrogen) atoms. The van der Waals surface area contributed by atoms with Gasteiger partial charge in [-0.1, -0.05) is 0 Å². The third kappa shape index (κ3) is 4.38. The summed E-state index contributed by atoms with van der Waals surface area (Å²) in [6, 6.07) is 10.1. The van der Waals surface area contributed by atoms with Crippen LogP contribution >= 0.6 is 15.9 Å². The molecule has 2 aliphatic rings. The molecule has 0 bridgehead atoms. The summed E-state index contributed by atoms with van der Waals surface area (Å²) in [5, 5.41) is 8.98. The van der Waals surface area contributed by atoms with Crippen molar-refractivity contribution in [2.75, 3.05) is 49.6 Å². The number of anilines is 2. The van der Waals surface area contributed by atoms with Crippen LogP contribution in [0.1, 0.15) is 36.5 Å². The molecule has 0 N–H and O–H groups in total. The van der Waals surface area contributed by atoms with Gasteiger partial charge >= 0.3 is 0 Å². The highest BCUT2D eigenvalue weighted by Crippen LogP contribution is 2.26. The van der Waals surface area contributed by atoms with E-state index in [1.807, 2.05) is 17.0 Å². The van der Waals surface area contributed by atoms with E-state index in [-0.39, 0.29) is 5.91 Å². The van der Waals surface area contributed by atoms with Crippen LogP contribution in [0, 0.1) is 0 Å². The standard InChI is InChI=1S/C22H28BrN5O2/c1-16-5-3-4-10-28(16)21-9-8-20(24-25-21)26-11-13-27(14-12-26)22(29)18-15-17(30-2)6-7-19(18)23/h6-9,15-16H,3-5,10-14H2,1-2H3. The molecule has 1 amide bonds. The van der Waals surface area contributed by atoms with Crippen molar-refractivity contribution in [1.82, 2.24) is 15.1 Å². The van der Waals surface area contributed by atoms with Crippen molar-refractivity contribution in [3.05, 3.63) is 40.4 Å². The van der Waals surface area contributed by atoms with Crippen molar-refractivity contribution in [3.63, 3.8) is 0 Å². The SMILES string of the molecule is COc1ccc(Br)c(C(=O)N2CCN(c3ccc(N4CCCCC4C)nn3)CC2)c1. The monoisotopic (exact) mass is 473 g/mol. The van der Waals surface area contributed by atoms with E-state index in [0.717, 1.165) is 35.7 Å². The zero-order valence-electron chi connectivity index (χ0n) is 17.6. The Labute approximate surface area is 186 Å². The lowest BCUT2D eigenvalue weighted by Gasteiger charge is -2.36. The minimum Gasteiger partial charge on any atom is -0.497 e. The average molecular weight is 474 g/mol. The van der Waals surface area contributed by atoms with Gasteiger partial charge in [0.25, 0.3) is 5.91 Å². The predicted octanol–water partition coefficient (Wildman–Crippen LogP) is 3.59. The molecule has 3 heterocycles. The number of nitrogens with zero attached hydrogens (tertiary/aromatic N) is 5. The number of ether oxygens (including phenoxy) is 1. The molecule has 1 unspecified atom stereocenters. The topological polar surface area (TPSA) is 61.8 Å². The van der Waals surface area contributed by atoms with E-state index in [1.165, 1.54) is 19.3 Å². The summed E-state index contributed by atoms with van der Waals surface area (Å²) in [4.78, 5) is 19.4. The number of rotatable bonds is 4. The van der Waals surface area contributed by atoms with Gasteiger partial charge in [0.1, 0.15) is 5.75 Å². The van der Waals surface area contributed by atoms with Crippen LogP contribution < -0.4 is 14.5 Å². The summed E-state index contributed by atoms with van der Waals surface area (Å²) in [6.45, 7) is 6.08. The molecule has 7 nitrogen and oxygen atoms in total. The highest BCUT2D eigenvalue weighted by atomic mass is 79.9. The molecule has 1 atom stereocenters. The second kappa shape index (κ2) is 9.20. The summed E-state index contributed by atoms with van der Waals surface area (Å²) in [5.41, 5.74) is 0.627. The van der Waals surface area contributed by atoms with E-state index in [0.29, 0.717) is 30.4 Å². The average Bonchev–Trinajstić information content (AvgIpc) is 2.79. The number of methoxy groups -OCH3 is 1. The number of piperidine rings is 1. The van der Waals surface area contributed by atoms with Crippen molar-refractivity contribution < 1.29 is 9.53 Å².